The van der Waals surface area contributed by atoms with Crippen LogP contribution in [-0.4, -0.2) is 23.2 Å². The fraction of sp³-hybridized carbons (Fsp3) is 0.167. The molecule has 0 fully saturated rings. The average Bonchev–Trinajstić information content (AvgIpc) is 2.40. The van der Waals surface area contributed by atoms with E-state index in [-0.39, 0.29) is 11.3 Å². The summed E-state index contributed by atoms with van der Waals surface area (Å²) in [7, 11) is 0. The molecule has 0 unspecified atom stereocenters. The molecule has 4 nitrogen and oxygen atoms in total. The molecule has 2 rings (SSSR count). The number of nitrogens with zero attached hydrogens (tertiary/aromatic N) is 2. The molecule has 1 aromatic heterocycles. The lowest BCUT2D eigenvalue weighted by Crippen LogP contribution is -2.06. The first-order chi connectivity index (χ1) is 10.4. The van der Waals surface area contributed by atoms with E-state index in [0.29, 0.717) is 0 Å². The Labute approximate surface area is 125 Å². The molecule has 0 saturated heterocycles. The molecule has 2 aromatic rings. The summed E-state index contributed by atoms with van der Waals surface area (Å²) in [6.45, 7) is -6.34. The van der Waals surface area contributed by atoms with Crippen molar-refractivity contribution in [3.8, 4) is 22.9 Å². The molecule has 0 radical (unpaired) electrons. The zero-order valence-electron chi connectivity index (χ0n) is 10.4. The van der Waals surface area contributed by atoms with Crippen molar-refractivity contribution in [2.75, 3.05) is 0 Å². The first kappa shape index (κ1) is 16.2. The predicted molar refractivity (Wildman–Crippen MR) is 65.7 cm³/mol. The summed E-state index contributed by atoms with van der Waals surface area (Å²) < 4.78 is 70.1. The molecule has 0 aliphatic heterocycles. The van der Waals surface area contributed by atoms with Crippen LogP contribution < -0.4 is 9.47 Å². The summed E-state index contributed by atoms with van der Waals surface area (Å²) in [5.74, 6) is -1.93. The summed E-state index contributed by atoms with van der Waals surface area (Å²) in [5.41, 5.74) is -0.123. The maximum absolute atomic E-state index is 13.1. The van der Waals surface area contributed by atoms with Gasteiger partial charge in [0, 0.05) is 11.6 Å². The fourth-order valence-corrected chi connectivity index (χ4v) is 1.73. The zero-order chi connectivity index (χ0) is 16.3. The topological polar surface area (TPSA) is 44.2 Å². The van der Waals surface area contributed by atoms with E-state index in [1.54, 1.807) is 0 Å². The van der Waals surface area contributed by atoms with E-state index < -0.39 is 35.8 Å². The highest BCUT2D eigenvalue weighted by atomic mass is 35.5. The van der Waals surface area contributed by atoms with Crippen LogP contribution in [0, 0.1) is 5.82 Å². The summed E-state index contributed by atoms with van der Waals surface area (Å²) in [5, 5.41) is -0.509. The highest BCUT2D eigenvalue weighted by Crippen LogP contribution is 2.32. The van der Waals surface area contributed by atoms with Crippen molar-refractivity contribution < 1.29 is 31.4 Å². The van der Waals surface area contributed by atoms with Crippen molar-refractivity contribution in [1.29, 1.82) is 0 Å². The van der Waals surface area contributed by atoms with Gasteiger partial charge in [0.05, 0.1) is 11.9 Å². The van der Waals surface area contributed by atoms with Gasteiger partial charge < -0.3 is 9.47 Å². The van der Waals surface area contributed by atoms with Crippen molar-refractivity contribution in [2.24, 2.45) is 0 Å². The molecular formula is C12H6ClF5N2O2. The number of ether oxygens (including phenoxy) is 2. The molecule has 0 atom stereocenters. The Hall–Kier alpha value is -2.16. The van der Waals surface area contributed by atoms with Crippen LogP contribution in [0.3, 0.4) is 0 Å². The third-order valence-electron chi connectivity index (χ3n) is 2.34. The van der Waals surface area contributed by atoms with Gasteiger partial charge in [0.2, 0.25) is 0 Å². The lowest BCUT2D eigenvalue weighted by Gasteiger charge is -2.11. The highest BCUT2D eigenvalue weighted by molar-refractivity contribution is 6.30. The lowest BCUT2D eigenvalue weighted by molar-refractivity contribution is -0.0532. The maximum atomic E-state index is 13.1. The Morgan fingerprint density at radius 3 is 2.32 bits per heavy atom. The normalized spacial score (nSPS) is 11.1. The largest absolute Gasteiger partial charge is 0.434 e. The molecule has 10 heteroatoms. The molecule has 0 N–H and O–H groups in total. The molecule has 22 heavy (non-hydrogen) atoms. The Morgan fingerprint density at radius 1 is 1.05 bits per heavy atom. The van der Waals surface area contributed by atoms with E-state index in [1.807, 2.05) is 0 Å². The minimum Gasteiger partial charge on any atom is -0.434 e. The first-order valence-electron chi connectivity index (χ1n) is 5.59. The molecule has 0 aliphatic rings. The number of aromatic nitrogens is 2. The minimum absolute atomic E-state index is 0.0419. The SMILES string of the molecule is Fc1ccc(-c2cnc(OC(F)F)c(Cl)n2)c(OC(F)F)c1. The maximum Gasteiger partial charge on any atom is 0.388 e. The lowest BCUT2D eigenvalue weighted by atomic mass is 10.1. The van der Waals surface area contributed by atoms with Crippen molar-refractivity contribution in [3.63, 3.8) is 0 Å². The van der Waals surface area contributed by atoms with Crippen LogP contribution in [0.2, 0.25) is 5.15 Å². The Balaban J connectivity index is 2.41. The second kappa shape index (κ2) is 6.73. The number of rotatable bonds is 5. The van der Waals surface area contributed by atoms with Gasteiger partial charge in [-0.2, -0.15) is 17.6 Å². The van der Waals surface area contributed by atoms with Crippen LogP contribution in [0.5, 0.6) is 11.6 Å². The van der Waals surface area contributed by atoms with Gasteiger partial charge in [-0.15, -0.1) is 0 Å². The van der Waals surface area contributed by atoms with Crippen LogP contribution in [0.25, 0.3) is 11.3 Å². The van der Waals surface area contributed by atoms with Crippen LogP contribution in [0.4, 0.5) is 22.0 Å². The number of halogens is 6. The molecule has 0 amide bonds. The van der Waals surface area contributed by atoms with Gasteiger partial charge in [-0.1, -0.05) is 11.6 Å². The van der Waals surface area contributed by atoms with Crippen LogP contribution in [0.15, 0.2) is 24.4 Å². The number of alkyl halides is 4. The Morgan fingerprint density at radius 2 is 1.73 bits per heavy atom. The molecule has 1 aromatic carbocycles. The molecule has 1 heterocycles. The zero-order valence-corrected chi connectivity index (χ0v) is 11.2. The molecule has 0 saturated carbocycles. The van der Waals surface area contributed by atoms with Crippen LogP contribution in [0.1, 0.15) is 0 Å². The van der Waals surface area contributed by atoms with E-state index in [1.165, 1.54) is 0 Å². The van der Waals surface area contributed by atoms with Crippen molar-refractivity contribution >= 4 is 11.6 Å². The van der Waals surface area contributed by atoms with Crippen LogP contribution >= 0.6 is 11.6 Å². The van der Waals surface area contributed by atoms with E-state index >= 15 is 0 Å². The first-order valence-corrected chi connectivity index (χ1v) is 5.96. The van der Waals surface area contributed by atoms with Crippen molar-refractivity contribution in [3.05, 3.63) is 35.4 Å². The van der Waals surface area contributed by atoms with Gasteiger partial charge in [-0.25, -0.2) is 14.4 Å². The number of hydrogen-bond acceptors (Lipinski definition) is 4. The van der Waals surface area contributed by atoms with E-state index in [4.69, 9.17) is 11.6 Å². The quantitative estimate of drug-likeness (QED) is 0.767. The van der Waals surface area contributed by atoms with Gasteiger partial charge in [0.25, 0.3) is 5.88 Å². The number of hydrogen-bond donors (Lipinski definition) is 0. The predicted octanol–water partition coefficient (Wildman–Crippen LogP) is 4.14. The highest BCUT2D eigenvalue weighted by Gasteiger charge is 2.17. The van der Waals surface area contributed by atoms with E-state index in [0.717, 1.165) is 24.4 Å². The molecule has 0 bridgehead atoms. The van der Waals surface area contributed by atoms with Gasteiger partial charge in [0.1, 0.15) is 11.6 Å². The van der Waals surface area contributed by atoms with E-state index in [9.17, 15) is 22.0 Å². The number of benzene rings is 1. The smallest absolute Gasteiger partial charge is 0.388 e. The third-order valence-corrected chi connectivity index (χ3v) is 2.58. The minimum atomic E-state index is -3.19. The monoisotopic (exact) mass is 340 g/mol. The summed E-state index contributed by atoms with van der Waals surface area (Å²) in [6.07, 6.45) is 0.954. The fourth-order valence-electron chi connectivity index (χ4n) is 1.55. The Kier molecular flexibility index (Phi) is 4.96. The third kappa shape index (κ3) is 3.94. The summed E-state index contributed by atoms with van der Waals surface area (Å²) in [6, 6.07) is 2.81. The van der Waals surface area contributed by atoms with Crippen molar-refractivity contribution in [2.45, 2.75) is 13.2 Å². The van der Waals surface area contributed by atoms with Crippen LogP contribution in [-0.2, 0) is 0 Å². The summed E-state index contributed by atoms with van der Waals surface area (Å²) >= 11 is 5.62. The Bertz CT molecular complexity index is 672. The summed E-state index contributed by atoms with van der Waals surface area (Å²) in [4.78, 5) is 7.20. The molecule has 0 aliphatic carbocycles. The van der Waals surface area contributed by atoms with Gasteiger partial charge in [-0.05, 0) is 12.1 Å². The standard InChI is InChI=1S/C12H6ClF5N2O2/c13-9-10(22-12(17)18)19-4-7(20-9)6-2-1-5(14)3-8(6)21-11(15)16/h1-4,11-12H. The molecule has 0 spiro atoms. The van der Waals surface area contributed by atoms with Crippen molar-refractivity contribution in [1.82, 2.24) is 9.97 Å². The second-order valence-corrected chi connectivity index (χ2v) is 4.11. The molecule has 118 valence electrons. The van der Waals surface area contributed by atoms with E-state index in [2.05, 4.69) is 19.4 Å². The van der Waals surface area contributed by atoms with Gasteiger partial charge >= 0.3 is 13.2 Å². The van der Waals surface area contributed by atoms with Gasteiger partial charge in [0.15, 0.2) is 5.15 Å². The second-order valence-electron chi connectivity index (χ2n) is 3.75. The average molecular weight is 341 g/mol. The molecular weight excluding hydrogens is 335 g/mol. The van der Waals surface area contributed by atoms with Gasteiger partial charge in [-0.3, -0.25) is 0 Å².